The summed E-state index contributed by atoms with van der Waals surface area (Å²) in [5.41, 5.74) is 10.3. The molecule has 2 aromatic carbocycles. The summed E-state index contributed by atoms with van der Waals surface area (Å²) in [4.78, 5) is 4.59. The highest BCUT2D eigenvalue weighted by atomic mass is 15.3. The number of aromatic nitrogens is 1. The Bertz CT molecular complexity index is 952. The number of benzene rings is 2. The van der Waals surface area contributed by atoms with Gasteiger partial charge >= 0.3 is 0 Å². The Morgan fingerprint density at radius 2 is 1.91 bits per heavy atom. The number of hydrogen-bond donors (Lipinski definition) is 3. The first-order valence-electron chi connectivity index (χ1n) is 6.55. The predicted octanol–water partition coefficient (Wildman–Crippen LogP) is 2.62. The lowest BCUT2D eigenvalue weighted by molar-refractivity contribution is 1.34. The smallest absolute Gasteiger partial charge is 0.201 e. The lowest BCUT2D eigenvalue weighted by atomic mass is 10.1. The molecule has 0 bridgehead atoms. The second-order valence-electron chi connectivity index (χ2n) is 4.69. The molecule has 6 heteroatoms. The molecule has 3 aromatic rings. The van der Waals surface area contributed by atoms with Gasteiger partial charge in [-0.2, -0.15) is 10.4 Å². The fourth-order valence-corrected chi connectivity index (χ4v) is 2.12. The van der Waals surface area contributed by atoms with E-state index in [9.17, 15) is 0 Å². The van der Waals surface area contributed by atoms with E-state index in [-0.39, 0.29) is 11.5 Å². The van der Waals surface area contributed by atoms with Crippen molar-refractivity contribution < 1.29 is 0 Å². The van der Waals surface area contributed by atoms with Gasteiger partial charge in [0.15, 0.2) is 5.84 Å². The number of fused-ring (bicyclic) bond motifs is 2. The Balaban J connectivity index is 2.01. The number of hydrazone groups is 1. The minimum absolute atomic E-state index is 0.156. The first-order chi connectivity index (χ1) is 10.7. The summed E-state index contributed by atoms with van der Waals surface area (Å²) < 4.78 is 0. The van der Waals surface area contributed by atoms with Crippen LogP contribution < -0.4 is 11.2 Å². The van der Waals surface area contributed by atoms with Gasteiger partial charge in [0.2, 0.25) is 5.71 Å². The fraction of sp³-hybridized carbons (Fsp3) is 0. The Morgan fingerprint density at radius 3 is 2.68 bits per heavy atom. The topological polar surface area (TPSA) is 111 Å². The van der Waals surface area contributed by atoms with Crippen molar-refractivity contribution in [1.29, 1.82) is 10.7 Å². The second-order valence-corrected chi connectivity index (χ2v) is 4.69. The van der Waals surface area contributed by atoms with E-state index in [0.717, 1.165) is 21.8 Å². The first-order valence-corrected chi connectivity index (χ1v) is 6.55. The number of para-hydroxylation sites is 1. The van der Waals surface area contributed by atoms with Gasteiger partial charge in [0.25, 0.3) is 0 Å². The molecule has 0 spiro atoms. The van der Waals surface area contributed by atoms with Crippen molar-refractivity contribution >= 4 is 39.0 Å². The molecule has 0 saturated carbocycles. The molecule has 4 N–H and O–H groups in total. The molecule has 0 unspecified atom stereocenters. The van der Waals surface area contributed by atoms with Crippen molar-refractivity contribution in [1.82, 2.24) is 4.98 Å². The van der Waals surface area contributed by atoms with E-state index in [1.165, 1.54) is 0 Å². The number of amidine groups is 1. The highest BCUT2D eigenvalue weighted by Gasteiger charge is 2.03. The quantitative estimate of drug-likeness (QED) is 0.297. The SMILES string of the molecule is N#C/C(=N\Nc1ccc2nc3ccccc3cc2c1)C(=N)N. The summed E-state index contributed by atoms with van der Waals surface area (Å²) in [5.74, 6) is -0.372. The molecule has 0 aliphatic rings. The average molecular weight is 288 g/mol. The van der Waals surface area contributed by atoms with E-state index in [1.54, 1.807) is 6.07 Å². The maximum atomic E-state index is 8.81. The van der Waals surface area contributed by atoms with E-state index < -0.39 is 0 Å². The molecular formula is C16H12N6. The van der Waals surface area contributed by atoms with Crippen molar-refractivity contribution in [2.75, 3.05) is 5.43 Å². The van der Waals surface area contributed by atoms with Gasteiger partial charge in [0.1, 0.15) is 6.07 Å². The summed E-state index contributed by atoms with van der Waals surface area (Å²) in [6, 6.07) is 17.3. The molecular weight excluding hydrogens is 276 g/mol. The monoisotopic (exact) mass is 288 g/mol. The predicted molar refractivity (Wildman–Crippen MR) is 87.8 cm³/mol. The standard InChI is InChI=1S/C16H12N6/c17-9-15(16(18)19)22-21-12-5-6-14-11(8-12)7-10-3-1-2-4-13(10)20-14/h1-8,21H,(H3,18,19)/b22-15+. The Labute approximate surface area is 126 Å². The zero-order chi connectivity index (χ0) is 15.5. The van der Waals surface area contributed by atoms with Crippen LogP contribution in [0.3, 0.4) is 0 Å². The zero-order valence-corrected chi connectivity index (χ0v) is 11.5. The number of nitriles is 1. The van der Waals surface area contributed by atoms with Gasteiger partial charge in [0, 0.05) is 10.8 Å². The van der Waals surface area contributed by atoms with Crippen molar-refractivity contribution in [3.05, 3.63) is 48.5 Å². The number of nitrogens with zero attached hydrogens (tertiary/aromatic N) is 3. The van der Waals surface area contributed by atoms with E-state index in [0.29, 0.717) is 5.69 Å². The summed E-state index contributed by atoms with van der Waals surface area (Å²) in [6.07, 6.45) is 0. The van der Waals surface area contributed by atoms with E-state index in [1.807, 2.05) is 48.5 Å². The number of nitrogens with two attached hydrogens (primary N) is 1. The molecule has 6 nitrogen and oxygen atoms in total. The lowest BCUT2D eigenvalue weighted by Gasteiger charge is -2.05. The second kappa shape index (κ2) is 5.50. The van der Waals surface area contributed by atoms with Gasteiger partial charge in [-0.15, -0.1) is 0 Å². The Kier molecular flexibility index (Phi) is 3.38. The van der Waals surface area contributed by atoms with Crippen LogP contribution in [0.5, 0.6) is 0 Å². The van der Waals surface area contributed by atoms with Gasteiger partial charge in [-0.25, -0.2) is 4.98 Å². The van der Waals surface area contributed by atoms with Crippen LogP contribution in [-0.4, -0.2) is 16.5 Å². The molecule has 1 heterocycles. The third-order valence-corrected chi connectivity index (χ3v) is 3.17. The maximum Gasteiger partial charge on any atom is 0.201 e. The van der Waals surface area contributed by atoms with Gasteiger partial charge in [-0.05, 0) is 30.3 Å². The normalized spacial score (nSPS) is 11.3. The molecule has 3 rings (SSSR count). The van der Waals surface area contributed by atoms with Gasteiger partial charge in [-0.1, -0.05) is 18.2 Å². The fourth-order valence-electron chi connectivity index (χ4n) is 2.12. The van der Waals surface area contributed by atoms with Crippen LogP contribution in [-0.2, 0) is 0 Å². The third kappa shape index (κ3) is 2.55. The Morgan fingerprint density at radius 1 is 1.14 bits per heavy atom. The molecule has 22 heavy (non-hydrogen) atoms. The van der Waals surface area contributed by atoms with Crippen LogP contribution in [0, 0.1) is 16.7 Å². The van der Waals surface area contributed by atoms with Crippen molar-refractivity contribution in [3.8, 4) is 6.07 Å². The molecule has 0 aliphatic carbocycles. The van der Waals surface area contributed by atoms with Gasteiger partial charge in [0.05, 0.1) is 16.7 Å². The van der Waals surface area contributed by atoms with Crippen LogP contribution in [0.2, 0.25) is 0 Å². The number of nitrogens with one attached hydrogen (secondary N) is 2. The van der Waals surface area contributed by atoms with Gasteiger partial charge < -0.3 is 5.73 Å². The van der Waals surface area contributed by atoms with E-state index >= 15 is 0 Å². The van der Waals surface area contributed by atoms with E-state index in [4.69, 9.17) is 16.4 Å². The van der Waals surface area contributed by atoms with Crippen LogP contribution in [0.15, 0.2) is 53.6 Å². The summed E-state index contributed by atoms with van der Waals surface area (Å²) in [7, 11) is 0. The summed E-state index contributed by atoms with van der Waals surface area (Å²) >= 11 is 0. The highest BCUT2D eigenvalue weighted by molar-refractivity contribution is 6.45. The van der Waals surface area contributed by atoms with Crippen LogP contribution >= 0.6 is 0 Å². The molecule has 1 aromatic heterocycles. The third-order valence-electron chi connectivity index (χ3n) is 3.17. The largest absolute Gasteiger partial charge is 0.382 e. The Hall–Kier alpha value is -3.46. The molecule has 0 aliphatic heterocycles. The molecule has 0 atom stereocenters. The summed E-state index contributed by atoms with van der Waals surface area (Å²) in [6.45, 7) is 0. The molecule has 0 amide bonds. The van der Waals surface area contributed by atoms with Crippen LogP contribution in [0.4, 0.5) is 5.69 Å². The van der Waals surface area contributed by atoms with Crippen LogP contribution in [0.1, 0.15) is 0 Å². The first kappa shape index (κ1) is 13.5. The molecule has 0 fully saturated rings. The molecule has 106 valence electrons. The molecule has 0 saturated heterocycles. The van der Waals surface area contributed by atoms with Gasteiger partial charge in [-0.3, -0.25) is 10.8 Å². The molecule has 0 radical (unpaired) electrons. The lowest BCUT2D eigenvalue weighted by Crippen LogP contribution is -2.21. The minimum atomic E-state index is -0.372. The average Bonchev–Trinajstić information content (AvgIpc) is 2.53. The van der Waals surface area contributed by atoms with Crippen molar-refractivity contribution in [2.24, 2.45) is 10.8 Å². The van der Waals surface area contributed by atoms with Crippen molar-refractivity contribution in [3.63, 3.8) is 0 Å². The zero-order valence-electron chi connectivity index (χ0n) is 11.5. The number of anilines is 1. The van der Waals surface area contributed by atoms with Crippen molar-refractivity contribution in [2.45, 2.75) is 0 Å². The van der Waals surface area contributed by atoms with E-state index in [2.05, 4.69) is 15.5 Å². The number of rotatable bonds is 3. The minimum Gasteiger partial charge on any atom is -0.382 e. The number of hydrogen-bond acceptors (Lipinski definition) is 5. The van der Waals surface area contributed by atoms with Crippen LogP contribution in [0.25, 0.3) is 21.8 Å². The maximum absolute atomic E-state index is 8.81. The highest BCUT2D eigenvalue weighted by Crippen LogP contribution is 2.22. The summed E-state index contributed by atoms with van der Waals surface area (Å²) in [5, 5.41) is 21.9. The number of pyridine rings is 1.